The molecular formula is C22H28ClN7O2. The first-order valence-corrected chi connectivity index (χ1v) is 11.1. The van der Waals surface area contributed by atoms with Gasteiger partial charge in [-0.05, 0) is 23.5 Å². The van der Waals surface area contributed by atoms with Crippen LogP contribution in [0.4, 0.5) is 5.82 Å². The third-order valence-electron chi connectivity index (χ3n) is 5.13. The van der Waals surface area contributed by atoms with E-state index in [1.807, 2.05) is 24.3 Å². The van der Waals surface area contributed by atoms with E-state index in [0.717, 1.165) is 18.5 Å². The van der Waals surface area contributed by atoms with Gasteiger partial charge in [-0.15, -0.1) is 5.10 Å². The molecule has 32 heavy (non-hydrogen) atoms. The van der Waals surface area contributed by atoms with Crippen LogP contribution in [0.5, 0.6) is 6.01 Å². The van der Waals surface area contributed by atoms with Crippen LogP contribution in [-0.2, 0) is 11.3 Å². The van der Waals surface area contributed by atoms with Crippen LogP contribution in [0.3, 0.4) is 0 Å². The van der Waals surface area contributed by atoms with Crippen molar-refractivity contribution in [1.29, 1.82) is 0 Å². The molecule has 9 nitrogen and oxygen atoms in total. The maximum absolute atomic E-state index is 11.5. The molecule has 1 saturated heterocycles. The normalized spacial score (nSPS) is 16.5. The summed E-state index contributed by atoms with van der Waals surface area (Å²) in [5, 5.41) is 12.4. The van der Waals surface area contributed by atoms with Gasteiger partial charge in [0.15, 0.2) is 17.0 Å². The van der Waals surface area contributed by atoms with Gasteiger partial charge < -0.3 is 15.0 Å². The van der Waals surface area contributed by atoms with Crippen LogP contribution in [0.2, 0.25) is 5.02 Å². The average molecular weight is 458 g/mol. The van der Waals surface area contributed by atoms with Crippen molar-refractivity contribution in [3.8, 4) is 6.01 Å². The summed E-state index contributed by atoms with van der Waals surface area (Å²) in [7, 11) is 0. The molecule has 1 amide bonds. The second-order valence-electron chi connectivity index (χ2n) is 9.32. The van der Waals surface area contributed by atoms with E-state index in [0.29, 0.717) is 41.7 Å². The van der Waals surface area contributed by atoms with Gasteiger partial charge in [0.05, 0.1) is 13.2 Å². The Bertz CT molecular complexity index is 1130. The lowest BCUT2D eigenvalue weighted by Gasteiger charge is -2.20. The van der Waals surface area contributed by atoms with Crippen molar-refractivity contribution in [2.24, 2.45) is 5.41 Å². The zero-order valence-electron chi connectivity index (χ0n) is 18.8. The van der Waals surface area contributed by atoms with Gasteiger partial charge in [0.25, 0.3) is 0 Å². The molecule has 1 unspecified atom stereocenters. The number of halogens is 1. The predicted molar refractivity (Wildman–Crippen MR) is 123 cm³/mol. The molecule has 1 fully saturated rings. The minimum atomic E-state index is -0.0430. The molecule has 4 rings (SSSR count). The average Bonchev–Trinajstić information content (AvgIpc) is 3.34. The largest absolute Gasteiger partial charge is 0.463 e. The number of carbonyl (C=O) groups excluding carboxylic acids is 1. The standard InChI is InChI=1S/C22H28ClN7O2/c1-14(31)24-16-9-10-29(12-16)19-18-20(26-21(25-19)32-13-22(2,3)4)30(28-27-18)11-15-7-5-6-8-17(15)23/h5-8,16H,9-13H2,1-4H3,(H,24,31). The van der Waals surface area contributed by atoms with Gasteiger partial charge in [-0.25, -0.2) is 4.68 Å². The fourth-order valence-electron chi connectivity index (χ4n) is 3.64. The molecule has 0 aliphatic carbocycles. The third kappa shape index (κ3) is 5.09. The van der Waals surface area contributed by atoms with E-state index in [-0.39, 0.29) is 23.4 Å². The van der Waals surface area contributed by atoms with E-state index in [1.165, 1.54) is 6.92 Å². The topological polar surface area (TPSA) is 98.1 Å². The van der Waals surface area contributed by atoms with E-state index in [9.17, 15) is 4.79 Å². The lowest BCUT2D eigenvalue weighted by Crippen LogP contribution is -2.35. The first-order valence-electron chi connectivity index (χ1n) is 10.7. The van der Waals surface area contributed by atoms with Crippen LogP contribution >= 0.6 is 11.6 Å². The number of ether oxygens (including phenoxy) is 1. The summed E-state index contributed by atoms with van der Waals surface area (Å²) in [6, 6.07) is 7.98. The second kappa shape index (κ2) is 8.90. The number of nitrogens with zero attached hydrogens (tertiary/aromatic N) is 6. The number of carbonyl (C=O) groups is 1. The van der Waals surface area contributed by atoms with Gasteiger partial charge in [-0.2, -0.15) is 9.97 Å². The number of hydrogen-bond acceptors (Lipinski definition) is 7. The molecule has 1 aliphatic rings. The van der Waals surface area contributed by atoms with Crippen LogP contribution in [0, 0.1) is 5.41 Å². The number of aromatic nitrogens is 5. The van der Waals surface area contributed by atoms with E-state index < -0.39 is 0 Å². The molecule has 10 heteroatoms. The molecule has 1 aromatic carbocycles. The van der Waals surface area contributed by atoms with Crippen molar-refractivity contribution in [1.82, 2.24) is 30.3 Å². The Morgan fingerprint density at radius 2 is 2.06 bits per heavy atom. The number of amides is 1. The number of nitrogens with one attached hydrogen (secondary N) is 1. The molecule has 0 saturated carbocycles. The van der Waals surface area contributed by atoms with Crippen LogP contribution < -0.4 is 15.0 Å². The van der Waals surface area contributed by atoms with Crippen molar-refractivity contribution in [3.05, 3.63) is 34.9 Å². The fourth-order valence-corrected chi connectivity index (χ4v) is 3.84. The lowest BCUT2D eigenvalue weighted by molar-refractivity contribution is -0.119. The number of anilines is 1. The molecule has 0 bridgehead atoms. The Morgan fingerprint density at radius 3 is 2.78 bits per heavy atom. The van der Waals surface area contributed by atoms with Crippen LogP contribution in [0.15, 0.2) is 24.3 Å². The van der Waals surface area contributed by atoms with Gasteiger partial charge in [-0.1, -0.05) is 55.8 Å². The highest BCUT2D eigenvalue weighted by molar-refractivity contribution is 6.31. The Kier molecular flexibility index (Phi) is 6.19. The minimum absolute atomic E-state index is 0.0374. The lowest BCUT2D eigenvalue weighted by atomic mass is 9.99. The summed E-state index contributed by atoms with van der Waals surface area (Å²) >= 11 is 6.35. The van der Waals surface area contributed by atoms with Gasteiger partial charge in [-0.3, -0.25) is 4.79 Å². The molecular weight excluding hydrogens is 430 g/mol. The van der Waals surface area contributed by atoms with Gasteiger partial charge in [0.2, 0.25) is 5.91 Å². The quantitative estimate of drug-likeness (QED) is 0.607. The molecule has 2 aromatic heterocycles. The van der Waals surface area contributed by atoms with Crippen LogP contribution in [-0.4, -0.2) is 56.6 Å². The maximum Gasteiger partial charge on any atom is 0.320 e. The summed E-state index contributed by atoms with van der Waals surface area (Å²) in [6.45, 7) is 10.1. The summed E-state index contributed by atoms with van der Waals surface area (Å²) in [6.07, 6.45) is 0.830. The van der Waals surface area contributed by atoms with Gasteiger partial charge in [0.1, 0.15) is 0 Å². The number of benzene rings is 1. The minimum Gasteiger partial charge on any atom is -0.463 e. The second-order valence-corrected chi connectivity index (χ2v) is 9.73. The summed E-state index contributed by atoms with van der Waals surface area (Å²) in [5.41, 5.74) is 2.06. The first kappa shape index (κ1) is 22.3. The third-order valence-corrected chi connectivity index (χ3v) is 5.50. The summed E-state index contributed by atoms with van der Waals surface area (Å²) in [4.78, 5) is 22.9. The number of hydrogen-bond donors (Lipinski definition) is 1. The summed E-state index contributed by atoms with van der Waals surface area (Å²) in [5.74, 6) is 0.627. The number of rotatable bonds is 6. The Balaban J connectivity index is 1.70. The molecule has 1 atom stereocenters. The SMILES string of the molecule is CC(=O)NC1CCN(c2nc(OCC(C)(C)C)nc3c2nnn3Cc2ccccc2Cl)C1. The monoisotopic (exact) mass is 457 g/mol. The Labute approximate surface area is 192 Å². The molecule has 0 spiro atoms. The highest BCUT2D eigenvalue weighted by Crippen LogP contribution is 2.29. The van der Waals surface area contributed by atoms with Gasteiger partial charge >= 0.3 is 6.01 Å². The van der Waals surface area contributed by atoms with Crippen molar-refractivity contribution in [2.45, 2.75) is 46.7 Å². The molecule has 0 radical (unpaired) electrons. The molecule has 1 aliphatic heterocycles. The maximum atomic E-state index is 11.5. The number of fused-ring (bicyclic) bond motifs is 1. The predicted octanol–water partition coefficient (Wildman–Crippen LogP) is 3.06. The van der Waals surface area contributed by atoms with Crippen molar-refractivity contribution < 1.29 is 9.53 Å². The van der Waals surface area contributed by atoms with E-state index in [4.69, 9.17) is 16.3 Å². The molecule has 170 valence electrons. The smallest absolute Gasteiger partial charge is 0.320 e. The summed E-state index contributed by atoms with van der Waals surface area (Å²) < 4.78 is 7.67. The molecule has 3 heterocycles. The highest BCUT2D eigenvalue weighted by atomic mass is 35.5. The fraction of sp³-hybridized carbons (Fsp3) is 0.500. The van der Waals surface area contributed by atoms with Crippen molar-refractivity contribution >= 4 is 34.5 Å². The van der Waals surface area contributed by atoms with Crippen LogP contribution in [0.25, 0.3) is 11.2 Å². The van der Waals surface area contributed by atoms with Gasteiger partial charge in [0, 0.05) is 31.1 Å². The van der Waals surface area contributed by atoms with Crippen LogP contribution in [0.1, 0.15) is 39.7 Å². The zero-order chi connectivity index (χ0) is 22.9. The van der Waals surface area contributed by atoms with Crippen molar-refractivity contribution in [2.75, 3.05) is 24.6 Å². The Hall–Kier alpha value is -2.94. The highest BCUT2D eigenvalue weighted by Gasteiger charge is 2.28. The molecule has 1 N–H and O–H groups in total. The molecule has 3 aromatic rings. The zero-order valence-corrected chi connectivity index (χ0v) is 19.6. The Morgan fingerprint density at radius 1 is 1.28 bits per heavy atom. The van der Waals surface area contributed by atoms with E-state index in [2.05, 4.69) is 51.3 Å². The van der Waals surface area contributed by atoms with Crippen molar-refractivity contribution in [3.63, 3.8) is 0 Å². The first-order chi connectivity index (χ1) is 15.2. The van der Waals surface area contributed by atoms with E-state index in [1.54, 1.807) is 4.68 Å². The van der Waals surface area contributed by atoms with E-state index >= 15 is 0 Å².